The van der Waals surface area contributed by atoms with Crippen LogP contribution in [0.5, 0.6) is 0 Å². The van der Waals surface area contributed by atoms with E-state index in [1.165, 1.54) is 24.1 Å². The fraction of sp³-hybridized carbons (Fsp3) is 0.286. The van der Waals surface area contributed by atoms with E-state index in [2.05, 4.69) is 0 Å². The molecule has 0 aliphatic carbocycles. The van der Waals surface area contributed by atoms with Crippen LogP contribution in [-0.2, 0) is 9.53 Å². The maximum Gasteiger partial charge on any atom is 0.323 e. The number of carboxylic acid groups (broad SMARTS) is 1. The lowest BCUT2D eigenvalue weighted by molar-refractivity contribution is -0.137. The fourth-order valence-electron chi connectivity index (χ4n) is 1.88. The number of thiophene rings is 1. The quantitative estimate of drug-likeness (QED) is 0.888. The number of carbonyl (C=O) groups is 2. The number of fused-ring (bicyclic) bond motifs is 1. The van der Waals surface area contributed by atoms with E-state index in [1.807, 2.05) is 0 Å². The molecule has 2 aromatic rings. The van der Waals surface area contributed by atoms with E-state index < -0.39 is 18.4 Å². The van der Waals surface area contributed by atoms with Gasteiger partial charge in [-0.15, -0.1) is 11.3 Å². The lowest BCUT2D eigenvalue weighted by atomic mass is 10.2. The molecule has 5 nitrogen and oxygen atoms in total. The lowest BCUT2D eigenvalue weighted by Gasteiger charge is -2.19. The summed E-state index contributed by atoms with van der Waals surface area (Å²) >= 11 is 1.14. The number of benzene rings is 1. The molecule has 0 spiro atoms. The predicted octanol–water partition coefficient (Wildman–Crippen LogP) is 2.21. The third kappa shape index (κ3) is 3.77. The molecule has 0 bridgehead atoms. The first-order chi connectivity index (χ1) is 10.0. The number of hydrogen-bond donors (Lipinski definition) is 1. The number of nitrogens with zero attached hydrogens (tertiary/aromatic N) is 1. The van der Waals surface area contributed by atoms with Gasteiger partial charge in [-0.3, -0.25) is 9.59 Å². The van der Waals surface area contributed by atoms with Gasteiger partial charge < -0.3 is 14.7 Å². The minimum absolute atomic E-state index is 0.185. The van der Waals surface area contributed by atoms with Gasteiger partial charge in [0.05, 0.1) is 11.5 Å². The van der Waals surface area contributed by atoms with Crippen LogP contribution in [0.2, 0.25) is 0 Å². The van der Waals surface area contributed by atoms with Crippen LogP contribution in [0.15, 0.2) is 24.3 Å². The topological polar surface area (TPSA) is 66.8 Å². The first-order valence-corrected chi connectivity index (χ1v) is 7.02. The van der Waals surface area contributed by atoms with Crippen LogP contribution in [0.4, 0.5) is 4.39 Å². The van der Waals surface area contributed by atoms with Gasteiger partial charge in [0.15, 0.2) is 0 Å². The summed E-state index contributed by atoms with van der Waals surface area (Å²) in [5.74, 6) is -1.85. The van der Waals surface area contributed by atoms with Crippen molar-refractivity contribution in [1.82, 2.24) is 4.90 Å². The lowest BCUT2D eigenvalue weighted by Crippen LogP contribution is -2.37. The van der Waals surface area contributed by atoms with Crippen LogP contribution in [0.3, 0.4) is 0 Å². The molecule has 21 heavy (non-hydrogen) atoms. The summed E-state index contributed by atoms with van der Waals surface area (Å²) in [5, 5.41) is 9.63. The molecule has 1 aromatic carbocycles. The average Bonchev–Trinajstić information content (AvgIpc) is 2.85. The number of rotatable bonds is 6. The Kier molecular flexibility index (Phi) is 4.87. The standard InChI is InChI=1S/C14H14FNO4S/c1-20-5-4-16(8-13(17)18)14(19)12-6-9-2-3-10(15)7-11(9)21-12/h2-3,6-7H,4-5,8H2,1H3,(H,17,18). The number of halogens is 1. The van der Waals surface area contributed by atoms with E-state index in [0.29, 0.717) is 9.58 Å². The zero-order valence-electron chi connectivity index (χ0n) is 11.3. The molecule has 2 rings (SSSR count). The second-order valence-corrected chi connectivity index (χ2v) is 5.49. The van der Waals surface area contributed by atoms with Crippen LogP contribution >= 0.6 is 11.3 Å². The minimum Gasteiger partial charge on any atom is -0.480 e. The van der Waals surface area contributed by atoms with Crippen molar-refractivity contribution >= 4 is 33.3 Å². The molecule has 0 aliphatic rings. The summed E-state index contributed by atoms with van der Waals surface area (Å²) < 4.78 is 18.7. The van der Waals surface area contributed by atoms with Gasteiger partial charge in [0.1, 0.15) is 12.4 Å². The Balaban J connectivity index is 2.26. The summed E-state index contributed by atoms with van der Waals surface area (Å²) in [5.41, 5.74) is 0. The molecule has 0 aliphatic heterocycles. The summed E-state index contributed by atoms with van der Waals surface area (Å²) in [6, 6.07) is 5.91. The molecule has 1 N–H and O–H groups in total. The molecule has 0 unspecified atom stereocenters. The fourth-order valence-corrected chi connectivity index (χ4v) is 2.94. The average molecular weight is 311 g/mol. The summed E-state index contributed by atoms with van der Waals surface area (Å²) in [6.07, 6.45) is 0. The molecule has 112 valence electrons. The highest BCUT2D eigenvalue weighted by atomic mass is 32.1. The van der Waals surface area contributed by atoms with Gasteiger partial charge in [-0.25, -0.2) is 4.39 Å². The van der Waals surface area contributed by atoms with Gasteiger partial charge in [-0.2, -0.15) is 0 Å². The number of aliphatic carboxylic acids is 1. The SMILES string of the molecule is COCCN(CC(=O)O)C(=O)c1cc2ccc(F)cc2s1. The van der Waals surface area contributed by atoms with Crippen molar-refractivity contribution in [1.29, 1.82) is 0 Å². The number of amides is 1. The molecular weight excluding hydrogens is 297 g/mol. The Morgan fingerprint density at radius 1 is 1.38 bits per heavy atom. The van der Waals surface area contributed by atoms with E-state index in [0.717, 1.165) is 16.7 Å². The molecule has 0 fully saturated rings. The molecule has 0 saturated heterocycles. The zero-order chi connectivity index (χ0) is 15.4. The van der Waals surface area contributed by atoms with Crippen molar-refractivity contribution in [2.45, 2.75) is 0 Å². The molecule has 1 amide bonds. The zero-order valence-corrected chi connectivity index (χ0v) is 12.2. The molecule has 0 radical (unpaired) electrons. The van der Waals surface area contributed by atoms with Gasteiger partial charge in [0, 0.05) is 18.4 Å². The Morgan fingerprint density at radius 2 is 2.14 bits per heavy atom. The van der Waals surface area contributed by atoms with Crippen LogP contribution in [0, 0.1) is 5.82 Å². The van der Waals surface area contributed by atoms with Gasteiger partial charge in [-0.1, -0.05) is 6.07 Å². The van der Waals surface area contributed by atoms with Crippen LogP contribution < -0.4 is 0 Å². The summed E-state index contributed by atoms with van der Waals surface area (Å²) in [6.45, 7) is 0.0353. The molecule has 7 heteroatoms. The first-order valence-electron chi connectivity index (χ1n) is 6.20. The highest BCUT2D eigenvalue weighted by Gasteiger charge is 2.20. The highest BCUT2D eigenvalue weighted by Crippen LogP contribution is 2.27. The second-order valence-electron chi connectivity index (χ2n) is 4.41. The van der Waals surface area contributed by atoms with E-state index >= 15 is 0 Å². The molecule has 1 aromatic heterocycles. The Morgan fingerprint density at radius 3 is 2.81 bits per heavy atom. The molecule has 0 saturated carbocycles. The van der Waals surface area contributed by atoms with E-state index in [-0.39, 0.29) is 19.0 Å². The van der Waals surface area contributed by atoms with Gasteiger partial charge in [0.25, 0.3) is 5.91 Å². The third-order valence-corrected chi connectivity index (χ3v) is 3.96. The number of methoxy groups -OCH3 is 1. The number of ether oxygens (including phenoxy) is 1. The van der Waals surface area contributed by atoms with Gasteiger partial charge in [-0.05, 0) is 23.6 Å². The molecule has 1 heterocycles. The number of carboxylic acids is 1. The van der Waals surface area contributed by atoms with Crippen LogP contribution in [0.25, 0.3) is 10.1 Å². The number of carbonyl (C=O) groups excluding carboxylic acids is 1. The van der Waals surface area contributed by atoms with Crippen molar-refractivity contribution in [2.24, 2.45) is 0 Å². The Labute approximate surface area is 124 Å². The smallest absolute Gasteiger partial charge is 0.323 e. The third-order valence-electron chi connectivity index (χ3n) is 2.87. The van der Waals surface area contributed by atoms with E-state index in [4.69, 9.17) is 9.84 Å². The van der Waals surface area contributed by atoms with E-state index in [9.17, 15) is 14.0 Å². The highest BCUT2D eigenvalue weighted by molar-refractivity contribution is 7.20. The van der Waals surface area contributed by atoms with Crippen molar-refractivity contribution < 1.29 is 23.8 Å². The van der Waals surface area contributed by atoms with Crippen molar-refractivity contribution in [3.63, 3.8) is 0 Å². The predicted molar refractivity (Wildman–Crippen MR) is 77.2 cm³/mol. The monoisotopic (exact) mass is 311 g/mol. The Bertz CT molecular complexity index is 670. The van der Waals surface area contributed by atoms with Crippen LogP contribution in [0.1, 0.15) is 9.67 Å². The van der Waals surface area contributed by atoms with Gasteiger partial charge in [0.2, 0.25) is 0 Å². The van der Waals surface area contributed by atoms with Gasteiger partial charge >= 0.3 is 5.97 Å². The molecular formula is C14H14FNO4S. The molecule has 0 atom stereocenters. The summed E-state index contributed by atoms with van der Waals surface area (Å²) in [7, 11) is 1.48. The van der Waals surface area contributed by atoms with Crippen LogP contribution in [-0.4, -0.2) is 48.7 Å². The van der Waals surface area contributed by atoms with Crippen molar-refractivity contribution in [2.75, 3.05) is 26.8 Å². The second kappa shape index (κ2) is 6.64. The first kappa shape index (κ1) is 15.4. The van der Waals surface area contributed by atoms with Crippen molar-refractivity contribution in [3.05, 3.63) is 35.0 Å². The minimum atomic E-state index is -1.09. The van der Waals surface area contributed by atoms with E-state index in [1.54, 1.807) is 12.1 Å². The Hall–Kier alpha value is -1.99. The summed E-state index contributed by atoms with van der Waals surface area (Å²) in [4.78, 5) is 24.8. The number of hydrogen-bond acceptors (Lipinski definition) is 4. The normalized spacial score (nSPS) is 10.8. The largest absolute Gasteiger partial charge is 0.480 e. The maximum atomic E-state index is 13.2. The maximum absolute atomic E-state index is 13.2. The van der Waals surface area contributed by atoms with Crippen molar-refractivity contribution in [3.8, 4) is 0 Å².